The van der Waals surface area contributed by atoms with Gasteiger partial charge in [-0.3, -0.25) is 14.2 Å². The molecule has 2 heterocycles. The number of primary amides is 1. The molecule has 0 saturated carbocycles. The van der Waals surface area contributed by atoms with Crippen LogP contribution in [0.25, 0.3) is 21.6 Å². The average molecular weight is 402 g/mol. The molecule has 2 aromatic heterocycles. The van der Waals surface area contributed by atoms with E-state index in [0.29, 0.717) is 23.8 Å². The van der Waals surface area contributed by atoms with Gasteiger partial charge in [-0.05, 0) is 61.9 Å². The van der Waals surface area contributed by atoms with E-state index in [2.05, 4.69) is 0 Å². The quantitative estimate of drug-likeness (QED) is 0.703. The van der Waals surface area contributed by atoms with Crippen molar-refractivity contribution in [1.82, 2.24) is 9.55 Å². The van der Waals surface area contributed by atoms with Crippen molar-refractivity contribution in [1.29, 1.82) is 0 Å². The Labute approximate surface area is 165 Å². The summed E-state index contributed by atoms with van der Waals surface area (Å²) in [5.74, 6) is 0.255. The van der Waals surface area contributed by atoms with E-state index in [-0.39, 0.29) is 17.9 Å². The second-order valence-electron chi connectivity index (χ2n) is 6.86. The minimum atomic E-state index is -0.363. The number of carbonyl (C=O) groups is 1. The number of nitrogens with two attached hydrogens (primary N) is 1. The average Bonchev–Trinajstić information content (AvgIpc) is 3.02. The third-order valence-corrected chi connectivity index (χ3v) is 6.42. The number of fused-ring (bicyclic) bond motifs is 3. The maximum absolute atomic E-state index is 13.4. The summed E-state index contributed by atoms with van der Waals surface area (Å²) >= 11 is 7.65. The first-order valence-corrected chi connectivity index (χ1v) is 10.3. The van der Waals surface area contributed by atoms with Crippen molar-refractivity contribution in [3.63, 3.8) is 0 Å². The highest BCUT2D eigenvalue weighted by molar-refractivity contribution is 7.18. The largest absolute Gasteiger partial charge is 0.370 e. The molecule has 3 aromatic rings. The van der Waals surface area contributed by atoms with E-state index in [1.165, 1.54) is 10.4 Å². The molecular weight excluding hydrogens is 382 g/mol. The van der Waals surface area contributed by atoms with Gasteiger partial charge in [0.1, 0.15) is 10.7 Å². The molecule has 1 aromatic carbocycles. The van der Waals surface area contributed by atoms with E-state index in [4.69, 9.17) is 22.3 Å². The van der Waals surface area contributed by atoms with Gasteiger partial charge in [0, 0.05) is 28.4 Å². The first-order valence-electron chi connectivity index (χ1n) is 9.14. The van der Waals surface area contributed by atoms with Crippen LogP contribution in [0.4, 0.5) is 0 Å². The van der Waals surface area contributed by atoms with Crippen LogP contribution in [0.5, 0.6) is 0 Å². The molecule has 0 aliphatic heterocycles. The van der Waals surface area contributed by atoms with E-state index < -0.39 is 0 Å². The van der Waals surface area contributed by atoms with E-state index in [1.807, 2.05) is 12.1 Å². The molecule has 7 heteroatoms. The number of nitrogens with zero attached hydrogens (tertiary/aromatic N) is 2. The molecule has 1 aliphatic rings. The van der Waals surface area contributed by atoms with Crippen LogP contribution in [0.3, 0.4) is 0 Å². The Kier molecular flexibility index (Phi) is 5.02. The zero-order chi connectivity index (χ0) is 19.0. The van der Waals surface area contributed by atoms with Crippen LogP contribution in [0.15, 0.2) is 29.1 Å². The van der Waals surface area contributed by atoms with Crippen LogP contribution in [-0.4, -0.2) is 15.5 Å². The van der Waals surface area contributed by atoms with Crippen molar-refractivity contribution >= 4 is 39.1 Å². The summed E-state index contributed by atoms with van der Waals surface area (Å²) in [6.07, 6.45) is 4.98. The Balaban J connectivity index is 1.89. The predicted octanol–water partition coefficient (Wildman–Crippen LogP) is 3.92. The highest BCUT2D eigenvalue weighted by Crippen LogP contribution is 2.35. The van der Waals surface area contributed by atoms with Gasteiger partial charge in [0.05, 0.1) is 5.39 Å². The number of hydrogen-bond donors (Lipinski definition) is 1. The van der Waals surface area contributed by atoms with Crippen molar-refractivity contribution in [3.05, 3.63) is 50.1 Å². The molecule has 4 rings (SSSR count). The van der Waals surface area contributed by atoms with Crippen molar-refractivity contribution in [2.24, 2.45) is 5.73 Å². The lowest BCUT2D eigenvalue weighted by molar-refractivity contribution is -0.118. The fourth-order valence-corrected chi connectivity index (χ4v) is 5.05. The Hall–Kier alpha value is -2.18. The molecule has 0 radical (unpaired) electrons. The maximum atomic E-state index is 13.4. The Morgan fingerprint density at radius 2 is 1.96 bits per heavy atom. The lowest BCUT2D eigenvalue weighted by atomic mass is 9.97. The molecule has 1 aliphatic carbocycles. The zero-order valence-corrected chi connectivity index (χ0v) is 16.4. The van der Waals surface area contributed by atoms with Gasteiger partial charge in [0.2, 0.25) is 5.91 Å². The standard InChI is InChI=1S/C20H20ClN3O2S/c21-13-9-7-12(8-10-13)18-23-19-17(14-4-1-2-5-15(14)27-19)20(26)24(18)11-3-6-16(22)25/h7-10H,1-6,11H2,(H2,22,25). The normalized spacial score (nSPS) is 13.7. The Morgan fingerprint density at radius 1 is 1.22 bits per heavy atom. The number of aryl methyl sites for hydroxylation is 2. The molecule has 0 saturated heterocycles. The summed E-state index contributed by atoms with van der Waals surface area (Å²) in [5, 5.41) is 1.39. The highest BCUT2D eigenvalue weighted by Gasteiger charge is 2.22. The van der Waals surface area contributed by atoms with Crippen LogP contribution >= 0.6 is 22.9 Å². The molecule has 2 N–H and O–H groups in total. The molecule has 27 heavy (non-hydrogen) atoms. The number of aromatic nitrogens is 2. The smallest absolute Gasteiger partial charge is 0.262 e. The number of rotatable bonds is 5. The van der Waals surface area contributed by atoms with Crippen LogP contribution in [0.2, 0.25) is 5.02 Å². The summed E-state index contributed by atoms with van der Waals surface area (Å²) in [4.78, 5) is 31.5. The molecule has 140 valence electrons. The molecule has 0 unspecified atom stereocenters. The highest BCUT2D eigenvalue weighted by atomic mass is 35.5. The number of carbonyl (C=O) groups excluding carboxylic acids is 1. The number of halogens is 1. The lowest BCUT2D eigenvalue weighted by Crippen LogP contribution is -2.25. The topological polar surface area (TPSA) is 78.0 Å². The van der Waals surface area contributed by atoms with Gasteiger partial charge >= 0.3 is 0 Å². The molecule has 0 atom stereocenters. The van der Waals surface area contributed by atoms with Gasteiger partial charge < -0.3 is 5.73 Å². The van der Waals surface area contributed by atoms with E-state index >= 15 is 0 Å². The van der Waals surface area contributed by atoms with E-state index in [0.717, 1.165) is 41.5 Å². The van der Waals surface area contributed by atoms with Gasteiger partial charge in [-0.15, -0.1) is 11.3 Å². The zero-order valence-electron chi connectivity index (χ0n) is 14.8. The van der Waals surface area contributed by atoms with Gasteiger partial charge in [-0.2, -0.15) is 0 Å². The Morgan fingerprint density at radius 3 is 2.70 bits per heavy atom. The molecule has 0 spiro atoms. The van der Waals surface area contributed by atoms with Gasteiger partial charge in [-0.1, -0.05) is 11.6 Å². The van der Waals surface area contributed by atoms with Crippen LogP contribution in [0, 0.1) is 0 Å². The van der Waals surface area contributed by atoms with Crippen molar-refractivity contribution in [3.8, 4) is 11.4 Å². The molecule has 5 nitrogen and oxygen atoms in total. The second kappa shape index (κ2) is 7.44. The molecular formula is C20H20ClN3O2S. The Bertz CT molecular complexity index is 1070. The predicted molar refractivity (Wildman–Crippen MR) is 109 cm³/mol. The molecule has 1 amide bonds. The molecule has 0 bridgehead atoms. The van der Waals surface area contributed by atoms with Crippen molar-refractivity contribution in [2.45, 2.75) is 45.1 Å². The summed E-state index contributed by atoms with van der Waals surface area (Å²) in [6.45, 7) is 0.410. The molecule has 0 fully saturated rings. The third-order valence-electron chi connectivity index (χ3n) is 4.98. The fourth-order valence-electron chi connectivity index (χ4n) is 3.68. The number of thiophene rings is 1. The monoisotopic (exact) mass is 401 g/mol. The number of hydrogen-bond acceptors (Lipinski definition) is 4. The SMILES string of the molecule is NC(=O)CCCn1c(-c2ccc(Cl)cc2)nc2sc3c(c2c1=O)CCCC3. The van der Waals surface area contributed by atoms with Gasteiger partial charge in [0.25, 0.3) is 5.56 Å². The minimum Gasteiger partial charge on any atom is -0.370 e. The summed E-state index contributed by atoms with van der Waals surface area (Å²) in [7, 11) is 0. The van der Waals surface area contributed by atoms with Gasteiger partial charge in [0.15, 0.2) is 0 Å². The lowest BCUT2D eigenvalue weighted by Gasteiger charge is -2.14. The first kappa shape index (κ1) is 18.2. The minimum absolute atomic E-state index is 0.0196. The maximum Gasteiger partial charge on any atom is 0.262 e. The number of amides is 1. The third kappa shape index (κ3) is 3.51. The van der Waals surface area contributed by atoms with Gasteiger partial charge in [-0.25, -0.2) is 4.98 Å². The number of benzene rings is 1. The van der Waals surface area contributed by atoms with Crippen LogP contribution in [0.1, 0.15) is 36.1 Å². The van der Waals surface area contributed by atoms with E-state index in [9.17, 15) is 9.59 Å². The summed E-state index contributed by atoms with van der Waals surface area (Å²) in [5.41, 5.74) is 7.26. The van der Waals surface area contributed by atoms with Crippen LogP contribution < -0.4 is 11.3 Å². The van der Waals surface area contributed by atoms with Crippen molar-refractivity contribution < 1.29 is 4.79 Å². The fraction of sp³-hybridized carbons (Fsp3) is 0.350. The second-order valence-corrected chi connectivity index (χ2v) is 8.38. The summed E-state index contributed by atoms with van der Waals surface area (Å²) in [6, 6.07) is 7.32. The summed E-state index contributed by atoms with van der Waals surface area (Å²) < 4.78 is 1.69. The van der Waals surface area contributed by atoms with E-state index in [1.54, 1.807) is 28.0 Å². The van der Waals surface area contributed by atoms with Crippen LogP contribution in [-0.2, 0) is 24.2 Å². The first-order chi connectivity index (χ1) is 13.0. The van der Waals surface area contributed by atoms with Crippen molar-refractivity contribution in [2.75, 3.05) is 0 Å².